The third kappa shape index (κ3) is 3.35. The number of allylic oxidation sites excluding steroid dienone is 2. The minimum Gasteiger partial charge on any atom is -0.295 e. The second-order valence-electron chi connectivity index (χ2n) is 4.66. The summed E-state index contributed by atoms with van der Waals surface area (Å²) >= 11 is 0. The third-order valence-corrected chi connectivity index (χ3v) is 2.98. The molecule has 2 unspecified atom stereocenters. The Labute approximate surface area is 93.7 Å². The minimum atomic E-state index is -4.24. The van der Waals surface area contributed by atoms with Gasteiger partial charge in [0.05, 0.1) is 5.92 Å². The van der Waals surface area contributed by atoms with Crippen molar-refractivity contribution in [1.82, 2.24) is 0 Å². The number of ketones is 1. The van der Waals surface area contributed by atoms with Crippen LogP contribution in [-0.4, -0.2) is 12.0 Å². The SMILES string of the molecule is CC(C)=CC(=O)C1CCCCC1C(F)(F)F. The van der Waals surface area contributed by atoms with Gasteiger partial charge in [-0.1, -0.05) is 18.4 Å². The number of carbonyl (C=O) groups is 1. The molecular formula is C12H17F3O. The molecule has 1 nitrogen and oxygen atoms in total. The first-order valence-corrected chi connectivity index (χ1v) is 5.58. The summed E-state index contributed by atoms with van der Waals surface area (Å²) in [6.45, 7) is 3.45. The van der Waals surface area contributed by atoms with Gasteiger partial charge in [0, 0.05) is 5.92 Å². The maximum absolute atomic E-state index is 12.7. The molecule has 1 aliphatic rings. The first-order chi connectivity index (χ1) is 7.32. The molecule has 2 atom stereocenters. The minimum absolute atomic E-state index is 0.0938. The Morgan fingerprint density at radius 2 is 1.75 bits per heavy atom. The van der Waals surface area contributed by atoms with Gasteiger partial charge in [-0.05, 0) is 32.8 Å². The summed E-state index contributed by atoms with van der Waals surface area (Å²) in [5, 5.41) is 0. The van der Waals surface area contributed by atoms with Crippen molar-refractivity contribution < 1.29 is 18.0 Å². The Hall–Kier alpha value is -0.800. The molecule has 0 aliphatic heterocycles. The van der Waals surface area contributed by atoms with Crippen LogP contribution in [0.2, 0.25) is 0 Å². The van der Waals surface area contributed by atoms with Gasteiger partial charge >= 0.3 is 6.18 Å². The highest BCUT2D eigenvalue weighted by molar-refractivity contribution is 5.92. The van der Waals surface area contributed by atoms with Crippen molar-refractivity contribution in [2.24, 2.45) is 11.8 Å². The molecule has 0 bridgehead atoms. The molecule has 1 aliphatic carbocycles. The van der Waals surface area contributed by atoms with Crippen molar-refractivity contribution in [3.8, 4) is 0 Å². The smallest absolute Gasteiger partial charge is 0.295 e. The van der Waals surface area contributed by atoms with Crippen molar-refractivity contribution >= 4 is 5.78 Å². The van der Waals surface area contributed by atoms with Crippen LogP contribution >= 0.6 is 0 Å². The molecule has 1 fully saturated rings. The van der Waals surface area contributed by atoms with Crippen molar-refractivity contribution in [2.45, 2.75) is 45.7 Å². The molecule has 0 heterocycles. The first kappa shape index (κ1) is 13.3. The highest BCUT2D eigenvalue weighted by Crippen LogP contribution is 2.42. The molecule has 4 heteroatoms. The maximum atomic E-state index is 12.7. The van der Waals surface area contributed by atoms with Crippen LogP contribution in [-0.2, 0) is 4.79 Å². The lowest BCUT2D eigenvalue weighted by atomic mass is 9.76. The van der Waals surface area contributed by atoms with Crippen LogP contribution in [0.25, 0.3) is 0 Å². The van der Waals surface area contributed by atoms with Gasteiger partial charge < -0.3 is 0 Å². The molecule has 0 radical (unpaired) electrons. The molecule has 0 spiro atoms. The van der Waals surface area contributed by atoms with Gasteiger partial charge in [0.15, 0.2) is 5.78 Å². The highest BCUT2D eigenvalue weighted by atomic mass is 19.4. The van der Waals surface area contributed by atoms with Crippen molar-refractivity contribution in [1.29, 1.82) is 0 Å². The summed E-state index contributed by atoms with van der Waals surface area (Å²) in [6.07, 6.45) is -1.14. The van der Waals surface area contributed by atoms with Crippen molar-refractivity contribution in [3.63, 3.8) is 0 Å². The Morgan fingerprint density at radius 1 is 1.19 bits per heavy atom. The van der Waals surface area contributed by atoms with Gasteiger partial charge in [-0.2, -0.15) is 13.2 Å². The molecule has 0 aromatic carbocycles. The fraction of sp³-hybridized carbons (Fsp3) is 0.750. The van der Waals surface area contributed by atoms with Crippen molar-refractivity contribution in [3.05, 3.63) is 11.6 Å². The average molecular weight is 234 g/mol. The predicted octanol–water partition coefficient (Wildman–Crippen LogP) is 3.89. The van der Waals surface area contributed by atoms with Gasteiger partial charge in [-0.15, -0.1) is 0 Å². The zero-order valence-electron chi connectivity index (χ0n) is 9.60. The molecule has 1 rings (SSSR count). The number of hydrogen-bond donors (Lipinski definition) is 0. The van der Waals surface area contributed by atoms with Crippen LogP contribution in [0.15, 0.2) is 11.6 Å². The van der Waals surface area contributed by atoms with E-state index in [0.29, 0.717) is 12.8 Å². The third-order valence-electron chi connectivity index (χ3n) is 2.98. The van der Waals surface area contributed by atoms with E-state index in [4.69, 9.17) is 0 Å². The van der Waals surface area contributed by atoms with Crippen LogP contribution in [0.4, 0.5) is 13.2 Å². The fourth-order valence-corrected chi connectivity index (χ4v) is 2.25. The van der Waals surface area contributed by atoms with Crippen LogP contribution in [0.1, 0.15) is 39.5 Å². The second-order valence-corrected chi connectivity index (χ2v) is 4.66. The normalized spacial score (nSPS) is 26.3. The van der Waals surface area contributed by atoms with Gasteiger partial charge in [0.25, 0.3) is 0 Å². The second kappa shape index (κ2) is 5.02. The van der Waals surface area contributed by atoms with Crippen LogP contribution in [0, 0.1) is 11.8 Å². The molecule has 92 valence electrons. The number of carbonyl (C=O) groups excluding carboxylic acids is 1. The maximum Gasteiger partial charge on any atom is 0.392 e. The number of rotatable bonds is 2. The highest BCUT2D eigenvalue weighted by Gasteiger charge is 2.47. The Kier molecular flexibility index (Phi) is 4.16. The summed E-state index contributed by atoms with van der Waals surface area (Å²) in [4.78, 5) is 11.7. The quantitative estimate of drug-likeness (QED) is 0.662. The lowest BCUT2D eigenvalue weighted by molar-refractivity contribution is -0.196. The molecule has 16 heavy (non-hydrogen) atoms. The molecule has 0 aromatic rings. The topological polar surface area (TPSA) is 17.1 Å². The van der Waals surface area contributed by atoms with E-state index in [1.165, 1.54) is 6.08 Å². The summed E-state index contributed by atoms with van der Waals surface area (Å²) in [6, 6.07) is 0. The summed E-state index contributed by atoms with van der Waals surface area (Å²) in [5.74, 6) is -2.66. The first-order valence-electron chi connectivity index (χ1n) is 5.58. The van der Waals surface area contributed by atoms with Crippen LogP contribution < -0.4 is 0 Å². The van der Waals surface area contributed by atoms with E-state index >= 15 is 0 Å². The lowest BCUT2D eigenvalue weighted by Gasteiger charge is -2.31. The summed E-state index contributed by atoms with van der Waals surface area (Å²) in [5.41, 5.74) is 0.761. The van der Waals surface area contributed by atoms with E-state index < -0.39 is 18.0 Å². The number of hydrogen-bond acceptors (Lipinski definition) is 1. The van der Waals surface area contributed by atoms with Gasteiger partial charge in [-0.25, -0.2) is 0 Å². The molecule has 0 aromatic heterocycles. The Balaban J connectivity index is 2.83. The van der Waals surface area contributed by atoms with Crippen LogP contribution in [0.5, 0.6) is 0 Å². The zero-order chi connectivity index (χ0) is 12.3. The molecule has 1 saturated carbocycles. The summed E-state index contributed by atoms with van der Waals surface area (Å²) in [7, 11) is 0. The van der Waals surface area contributed by atoms with E-state index in [1.54, 1.807) is 13.8 Å². The van der Waals surface area contributed by atoms with Gasteiger partial charge in [0.2, 0.25) is 0 Å². The molecular weight excluding hydrogens is 217 g/mol. The van der Waals surface area contributed by atoms with E-state index in [9.17, 15) is 18.0 Å². The monoisotopic (exact) mass is 234 g/mol. The Bertz CT molecular complexity index is 287. The number of alkyl halides is 3. The summed E-state index contributed by atoms with van der Waals surface area (Å²) < 4.78 is 38.1. The van der Waals surface area contributed by atoms with Gasteiger partial charge in [0.1, 0.15) is 0 Å². The van der Waals surface area contributed by atoms with E-state index in [2.05, 4.69) is 0 Å². The molecule has 0 saturated heterocycles. The Morgan fingerprint density at radius 3 is 2.25 bits per heavy atom. The van der Waals surface area contributed by atoms with Crippen molar-refractivity contribution in [2.75, 3.05) is 0 Å². The predicted molar refractivity (Wildman–Crippen MR) is 55.9 cm³/mol. The number of halogens is 3. The van der Waals surface area contributed by atoms with Crippen LogP contribution in [0.3, 0.4) is 0 Å². The standard InChI is InChI=1S/C12H17F3O/c1-8(2)7-11(16)9-5-3-4-6-10(9)12(13,14)15/h7,9-10H,3-6H2,1-2H3. The average Bonchev–Trinajstić information content (AvgIpc) is 2.15. The van der Waals surface area contributed by atoms with E-state index in [-0.39, 0.29) is 12.2 Å². The lowest BCUT2D eigenvalue weighted by Crippen LogP contribution is -2.36. The zero-order valence-corrected chi connectivity index (χ0v) is 9.60. The van der Waals surface area contributed by atoms with E-state index in [0.717, 1.165) is 12.0 Å². The molecule has 0 N–H and O–H groups in total. The largest absolute Gasteiger partial charge is 0.392 e. The molecule has 0 amide bonds. The fourth-order valence-electron chi connectivity index (χ4n) is 2.25. The van der Waals surface area contributed by atoms with E-state index in [1.807, 2.05) is 0 Å². The van der Waals surface area contributed by atoms with Gasteiger partial charge in [-0.3, -0.25) is 4.79 Å².